The number of fused-ring (bicyclic) bond motifs is 1. The van der Waals surface area contributed by atoms with Crippen molar-refractivity contribution in [3.8, 4) is 0 Å². The molecule has 132 valence electrons. The highest BCUT2D eigenvalue weighted by molar-refractivity contribution is 7.09. The first-order valence-electron chi connectivity index (χ1n) is 8.54. The lowest BCUT2D eigenvalue weighted by atomic mass is 9.80. The Hall–Kier alpha value is -1.83. The third-order valence-corrected chi connectivity index (χ3v) is 6.20. The zero-order chi connectivity index (χ0) is 17.3. The summed E-state index contributed by atoms with van der Waals surface area (Å²) < 4.78 is 5.69. The number of hydrogen-bond acceptors (Lipinski definition) is 6. The number of pyridine rings is 1. The van der Waals surface area contributed by atoms with Gasteiger partial charge in [0, 0.05) is 49.4 Å². The molecule has 2 saturated heterocycles. The zero-order valence-corrected chi connectivity index (χ0v) is 15.1. The van der Waals surface area contributed by atoms with Crippen molar-refractivity contribution in [1.29, 1.82) is 0 Å². The van der Waals surface area contributed by atoms with E-state index in [1.54, 1.807) is 23.7 Å². The molecule has 0 unspecified atom stereocenters. The molecule has 4 rings (SSSR count). The Bertz CT molecular complexity index is 751. The average molecular weight is 358 g/mol. The number of rotatable bonds is 5. The molecule has 0 aromatic carbocycles. The number of aryl methyl sites for hydroxylation is 1. The molecular formula is C18H22N4O2S. The van der Waals surface area contributed by atoms with E-state index in [1.165, 1.54) is 4.88 Å². The molecular weight excluding hydrogens is 336 g/mol. The van der Waals surface area contributed by atoms with Crippen LogP contribution in [0.4, 0.5) is 0 Å². The van der Waals surface area contributed by atoms with E-state index < -0.39 is 5.41 Å². The fraction of sp³-hybridized carbons (Fsp3) is 0.500. The molecule has 0 radical (unpaired) electrons. The van der Waals surface area contributed by atoms with Crippen LogP contribution in [0.2, 0.25) is 0 Å². The second-order valence-corrected chi connectivity index (χ2v) is 7.88. The van der Waals surface area contributed by atoms with Crippen molar-refractivity contribution in [2.24, 2.45) is 11.3 Å². The maximum absolute atomic E-state index is 13.0. The number of carbonyl (C=O) groups is 1. The van der Waals surface area contributed by atoms with Gasteiger partial charge in [0.15, 0.2) is 0 Å². The number of ether oxygens (including phenoxy) is 1. The van der Waals surface area contributed by atoms with Gasteiger partial charge < -0.3 is 10.1 Å². The molecule has 1 N–H and O–H groups in total. The van der Waals surface area contributed by atoms with E-state index in [1.807, 2.05) is 24.6 Å². The minimum Gasteiger partial charge on any atom is -0.380 e. The van der Waals surface area contributed by atoms with Gasteiger partial charge in [0.25, 0.3) is 0 Å². The molecule has 6 nitrogen and oxygen atoms in total. The first kappa shape index (κ1) is 16.6. The summed E-state index contributed by atoms with van der Waals surface area (Å²) in [7, 11) is 0. The summed E-state index contributed by atoms with van der Waals surface area (Å²) in [6, 6.07) is 3.86. The molecule has 2 aliphatic heterocycles. The van der Waals surface area contributed by atoms with Crippen molar-refractivity contribution in [3.05, 3.63) is 46.2 Å². The lowest BCUT2D eigenvalue weighted by Crippen LogP contribution is -2.46. The van der Waals surface area contributed by atoms with Gasteiger partial charge in [0.2, 0.25) is 5.91 Å². The molecule has 1 amide bonds. The molecule has 0 saturated carbocycles. The molecule has 2 aliphatic rings. The van der Waals surface area contributed by atoms with E-state index in [-0.39, 0.29) is 11.8 Å². The number of nitrogens with zero attached hydrogens (tertiary/aromatic N) is 3. The molecule has 2 aromatic rings. The summed E-state index contributed by atoms with van der Waals surface area (Å²) in [5, 5.41) is 3.10. The number of carbonyl (C=O) groups excluding carboxylic acids is 1. The Kier molecular flexibility index (Phi) is 4.54. The van der Waals surface area contributed by atoms with E-state index in [2.05, 4.69) is 20.2 Å². The van der Waals surface area contributed by atoms with Crippen LogP contribution in [-0.2, 0) is 22.6 Å². The van der Waals surface area contributed by atoms with Crippen molar-refractivity contribution in [2.45, 2.75) is 20.0 Å². The third kappa shape index (κ3) is 3.19. The van der Waals surface area contributed by atoms with Gasteiger partial charge in [-0.1, -0.05) is 6.07 Å². The molecule has 0 bridgehead atoms. The van der Waals surface area contributed by atoms with Crippen LogP contribution in [0.5, 0.6) is 0 Å². The lowest BCUT2D eigenvalue weighted by Gasteiger charge is -2.26. The Balaban J connectivity index is 1.43. The lowest BCUT2D eigenvalue weighted by molar-refractivity contribution is -0.131. The van der Waals surface area contributed by atoms with Gasteiger partial charge in [0.1, 0.15) is 0 Å². The minimum atomic E-state index is -0.430. The maximum Gasteiger partial charge on any atom is 0.230 e. The quantitative estimate of drug-likeness (QED) is 0.880. The van der Waals surface area contributed by atoms with Crippen LogP contribution >= 0.6 is 11.3 Å². The number of nitrogens with one attached hydrogen (secondary N) is 1. The fourth-order valence-corrected chi connectivity index (χ4v) is 4.64. The Morgan fingerprint density at radius 3 is 3.24 bits per heavy atom. The monoisotopic (exact) mass is 358 g/mol. The molecule has 0 aliphatic carbocycles. The predicted octanol–water partition coefficient (Wildman–Crippen LogP) is 1.61. The third-order valence-electron chi connectivity index (χ3n) is 5.28. The van der Waals surface area contributed by atoms with Crippen LogP contribution in [0, 0.1) is 18.3 Å². The normalized spacial score (nSPS) is 25.9. The zero-order valence-electron chi connectivity index (χ0n) is 14.3. The summed E-state index contributed by atoms with van der Waals surface area (Å²) in [6.07, 6.45) is 3.52. The van der Waals surface area contributed by atoms with Crippen molar-refractivity contribution < 1.29 is 9.53 Å². The predicted molar refractivity (Wildman–Crippen MR) is 95.0 cm³/mol. The van der Waals surface area contributed by atoms with Gasteiger partial charge in [-0.05, 0) is 18.6 Å². The second kappa shape index (κ2) is 6.82. The van der Waals surface area contributed by atoms with Gasteiger partial charge in [-0.25, -0.2) is 4.98 Å². The number of aromatic nitrogens is 2. The molecule has 25 heavy (non-hydrogen) atoms. The van der Waals surface area contributed by atoms with Gasteiger partial charge in [-0.3, -0.25) is 14.7 Å². The van der Waals surface area contributed by atoms with Crippen molar-refractivity contribution in [1.82, 2.24) is 20.2 Å². The topological polar surface area (TPSA) is 67.4 Å². The molecule has 7 heteroatoms. The summed E-state index contributed by atoms with van der Waals surface area (Å²) in [5.41, 5.74) is 3.56. The van der Waals surface area contributed by atoms with Gasteiger partial charge in [-0.2, -0.15) is 0 Å². The first-order chi connectivity index (χ1) is 12.2. The van der Waals surface area contributed by atoms with Crippen LogP contribution in [0.15, 0.2) is 30.0 Å². The van der Waals surface area contributed by atoms with E-state index in [0.29, 0.717) is 19.8 Å². The molecule has 2 aromatic heterocycles. The van der Waals surface area contributed by atoms with E-state index in [9.17, 15) is 4.79 Å². The number of likely N-dealkylation sites (tertiary alicyclic amines) is 1. The highest BCUT2D eigenvalue weighted by Gasteiger charge is 2.55. The van der Waals surface area contributed by atoms with Gasteiger partial charge >= 0.3 is 0 Å². The van der Waals surface area contributed by atoms with Gasteiger partial charge in [0.05, 0.1) is 29.8 Å². The standard InChI is InChI=1S/C18H22N4O2S/c1-13-16(25-12-21-13)8-22-7-15-9-24-11-18(15,10-22)17(23)20-6-14-3-2-4-19-5-14/h2-5,12,15H,6-11H2,1H3,(H,20,23)/t15-,18-/m1/s1. The van der Waals surface area contributed by atoms with Gasteiger partial charge in [-0.15, -0.1) is 11.3 Å². The Labute approximate surface area is 151 Å². The van der Waals surface area contributed by atoms with E-state index >= 15 is 0 Å². The van der Waals surface area contributed by atoms with Crippen LogP contribution in [0.3, 0.4) is 0 Å². The fourth-order valence-electron chi connectivity index (χ4n) is 3.82. The molecule has 2 fully saturated rings. The van der Waals surface area contributed by atoms with Crippen LogP contribution < -0.4 is 5.32 Å². The SMILES string of the molecule is Cc1ncsc1CN1C[C@@H]2COC[C@]2(C(=O)NCc2cccnc2)C1. The second-order valence-electron chi connectivity index (χ2n) is 6.94. The molecule has 0 spiro atoms. The number of amides is 1. The maximum atomic E-state index is 13.0. The summed E-state index contributed by atoms with van der Waals surface area (Å²) in [5.74, 6) is 0.358. The van der Waals surface area contributed by atoms with Crippen LogP contribution in [0.25, 0.3) is 0 Å². The highest BCUT2D eigenvalue weighted by atomic mass is 32.1. The van der Waals surface area contributed by atoms with Crippen molar-refractivity contribution in [2.75, 3.05) is 26.3 Å². The summed E-state index contributed by atoms with van der Waals surface area (Å²) >= 11 is 1.69. The number of hydrogen-bond donors (Lipinski definition) is 1. The Morgan fingerprint density at radius 1 is 1.56 bits per heavy atom. The Morgan fingerprint density at radius 2 is 2.48 bits per heavy atom. The van der Waals surface area contributed by atoms with Crippen molar-refractivity contribution in [3.63, 3.8) is 0 Å². The number of thiazole rings is 1. The van der Waals surface area contributed by atoms with Crippen LogP contribution in [0.1, 0.15) is 16.1 Å². The minimum absolute atomic E-state index is 0.0994. The summed E-state index contributed by atoms with van der Waals surface area (Å²) in [6.45, 7) is 6.24. The van der Waals surface area contributed by atoms with E-state index in [4.69, 9.17) is 4.74 Å². The van der Waals surface area contributed by atoms with Crippen LogP contribution in [-0.4, -0.2) is 47.1 Å². The molecule has 2 atom stereocenters. The van der Waals surface area contributed by atoms with E-state index in [0.717, 1.165) is 30.9 Å². The first-order valence-corrected chi connectivity index (χ1v) is 9.41. The largest absolute Gasteiger partial charge is 0.380 e. The average Bonchev–Trinajstić information content (AvgIpc) is 3.29. The summed E-state index contributed by atoms with van der Waals surface area (Å²) in [4.78, 5) is 25.1. The molecule has 4 heterocycles. The highest BCUT2D eigenvalue weighted by Crippen LogP contribution is 2.42. The van der Waals surface area contributed by atoms with Crippen molar-refractivity contribution >= 4 is 17.2 Å². The smallest absolute Gasteiger partial charge is 0.230 e.